The molecule has 0 radical (unpaired) electrons. The van der Waals surface area contributed by atoms with Crippen molar-refractivity contribution in [1.29, 1.82) is 0 Å². The quantitative estimate of drug-likeness (QED) is 0.821. The van der Waals surface area contributed by atoms with E-state index in [9.17, 15) is 8.78 Å². The average molecular weight is 363 g/mol. The molecule has 0 bridgehead atoms. The first-order chi connectivity index (χ1) is 6.07. The van der Waals surface area contributed by atoms with Crippen LogP contribution >= 0.6 is 38.5 Å². The molecule has 0 amide bonds. The maximum atomic E-state index is 12.5. The average Bonchev–Trinajstić information content (AvgIpc) is 2.04. The molecule has 2 N–H and O–H groups in total. The first-order valence-electron chi connectivity index (χ1n) is 3.39. The van der Waals surface area contributed by atoms with Crippen molar-refractivity contribution in [1.82, 2.24) is 4.98 Å². The van der Waals surface area contributed by atoms with Crippen LogP contribution in [0, 0.1) is 3.57 Å². The van der Waals surface area contributed by atoms with Gasteiger partial charge in [0.05, 0.1) is 5.69 Å². The summed E-state index contributed by atoms with van der Waals surface area (Å²) in [6, 6.07) is 0. The number of alkyl halides is 2. The molecule has 1 rings (SSSR count). The maximum absolute atomic E-state index is 12.5. The van der Waals surface area contributed by atoms with E-state index in [4.69, 9.17) is 5.73 Å². The molecule has 2 nitrogen and oxygen atoms in total. The monoisotopic (exact) mass is 362 g/mol. The Morgan fingerprint density at radius 1 is 1.62 bits per heavy atom. The number of rotatable bonds is 2. The van der Waals surface area contributed by atoms with E-state index in [0.29, 0.717) is 13.7 Å². The molecule has 13 heavy (non-hydrogen) atoms. The lowest BCUT2D eigenvalue weighted by molar-refractivity contribution is 0.149. The summed E-state index contributed by atoms with van der Waals surface area (Å²) < 4.78 is 25.8. The van der Waals surface area contributed by atoms with Crippen LogP contribution in [0.25, 0.3) is 0 Å². The predicted molar refractivity (Wildman–Crippen MR) is 57.5 cm³/mol. The van der Waals surface area contributed by atoms with Crippen LogP contribution in [0.3, 0.4) is 0 Å². The molecule has 0 fully saturated rings. The van der Waals surface area contributed by atoms with Gasteiger partial charge in [0.2, 0.25) is 0 Å². The van der Waals surface area contributed by atoms with Gasteiger partial charge in [0.15, 0.2) is 0 Å². The van der Waals surface area contributed by atoms with Gasteiger partial charge >= 0.3 is 0 Å². The zero-order valence-electron chi connectivity index (χ0n) is 6.40. The highest BCUT2D eigenvalue weighted by Crippen LogP contribution is 2.32. The van der Waals surface area contributed by atoms with Gasteiger partial charge in [-0.1, -0.05) is 0 Å². The van der Waals surface area contributed by atoms with Gasteiger partial charge in [-0.25, -0.2) is 8.78 Å². The van der Waals surface area contributed by atoms with Gasteiger partial charge in [0.25, 0.3) is 6.43 Å². The Labute approximate surface area is 96.2 Å². The Kier molecular flexibility index (Phi) is 3.99. The second-order valence-electron chi connectivity index (χ2n) is 2.29. The zero-order valence-corrected chi connectivity index (χ0v) is 10.1. The summed E-state index contributed by atoms with van der Waals surface area (Å²) in [7, 11) is 0. The van der Waals surface area contributed by atoms with E-state index < -0.39 is 6.43 Å². The van der Waals surface area contributed by atoms with E-state index in [0.717, 1.165) is 0 Å². The van der Waals surface area contributed by atoms with Crippen molar-refractivity contribution in [3.63, 3.8) is 0 Å². The molecule has 0 saturated heterocycles. The van der Waals surface area contributed by atoms with Crippen molar-refractivity contribution in [3.05, 3.63) is 25.5 Å². The summed E-state index contributed by atoms with van der Waals surface area (Å²) >= 11 is 4.85. The minimum Gasteiger partial charge on any atom is -0.325 e. The molecule has 0 aliphatic heterocycles. The van der Waals surface area contributed by atoms with Crippen LogP contribution in [-0.4, -0.2) is 4.98 Å². The summed E-state index contributed by atoms with van der Waals surface area (Å²) in [6.07, 6.45) is -1.15. The van der Waals surface area contributed by atoms with E-state index in [-0.39, 0.29) is 12.1 Å². The van der Waals surface area contributed by atoms with Gasteiger partial charge in [-0.05, 0) is 38.5 Å². The Balaban J connectivity index is 3.30. The largest absolute Gasteiger partial charge is 0.325 e. The lowest BCUT2D eigenvalue weighted by Gasteiger charge is -2.08. The summed E-state index contributed by atoms with van der Waals surface area (Å²) in [5.41, 5.74) is 5.81. The maximum Gasteiger partial charge on any atom is 0.266 e. The SMILES string of the molecule is NCc1ncc(Br)c(C(F)F)c1I. The fraction of sp³-hybridized carbons (Fsp3) is 0.286. The number of nitrogens with two attached hydrogens (primary N) is 1. The van der Waals surface area contributed by atoms with Gasteiger partial charge in [0.1, 0.15) is 0 Å². The standard InChI is InChI=1S/C7H6BrF2IN2/c8-3-2-13-4(1-12)6(11)5(3)7(9)10/h2,7H,1,12H2. The van der Waals surface area contributed by atoms with E-state index in [1.54, 1.807) is 0 Å². The van der Waals surface area contributed by atoms with Gasteiger partial charge in [-0.2, -0.15) is 0 Å². The molecular formula is C7H6BrF2IN2. The van der Waals surface area contributed by atoms with Crippen molar-refractivity contribution >= 4 is 38.5 Å². The minimum absolute atomic E-state index is 0.0314. The normalized spacial score (nSPS) is 10.9. The van der Waals surface area contributed by atoms with E-state index in [2.05, 4.69) is 20.9 Å². The molecule has 0 spiro atoms. The third kappa shape index (κ3) is 2.35. The van der Waals surface area contributed by atoms with Crippen molar-refractivity contribution in [2.45, 2.75) is 13.0 Å². The van der Waals surface area contributed by atoms with Crippen LogP contribution < -0.4 is 5.73 Å². The molecule has 0 aliphatic carbocycles. The van der Waals surface area contributed by atoms with Crippen molar-refractivity contribution in [2.24, 2.45) is 5.73 Å². The highest BCUT2D eigenvalue weighted by molar-refractivity contribution is 14.1. The third-order valence-electron chi connectivity index (χ3n) is 1.49. The molecular weight excluding hydrogens is 357 g/mol. The van der Waals surface area contributed by atoms with Gasteiger partial charge in [0, 0.05) is 26.3 Å². The first-order valence-corrected chi connectivity index (χ1v) is 5.26. The Morgan fingerprint density at radius 3 is 2.69 bits per heavy atom. The highest BCUT2D eigenvalue weighted by Gasteiger charge is 2.18. The second-order valence-corrected chi connectivity index (χ2v) is 4.22. The van der Waals surface area contributed by atoms with E-state index >= 15 is 0 Å². The van der Waals surface area contributed by atoms with Crippen molar-refractivity contribution in [3.8, 4) is 0 Å². The summed E-state index contributed by atoms with van der Waals surface area (Å²) in [5.74, 6) is 0. The number of halogens is 4. The molecule has 1 aromatic heterocycles. The smallest absolute Gasteiger partial charge is 0.266 e. The molecule has 6 heteroatoms. The number of hydrogen-bond donors (Lipinski definition) is 1. The molecule has 0 aliphatic rings. The van der Waals surface area contributed by atoms with E-state index in [1.807, 2.05) is 22.6 Å². The van der Waals surface area contributed by atoms with Crippen LogP contribution in [0.1, 0.15) is 17.7 Å². The van der Waals surface area contributed by atoms with Crippen LogP contribution in [0.15, 0.2) is 10.7 Å². The van der Waals surface area contributed by atoms with Crippen LogP contribution in [-0.2, 0) is 6.54 Å². The Morgan fingerprint density at radius 2 is 2.23 bits per heavy atom. The molecule has 0 aromatic carbocycles. The van der Waals surface area contributed by atoms with Crippen molar-refractivity contribution in [2.75, 3.05) is 0 Å². The molecule has 1 aromatic rings. The molecule has 0 atom stereocenters. The van der Waals surface area contributed by atoms with E-state index in [1.165, 1.54) is 6.20 Å². The number of nitrogens with zero attached hydrogens (tertiary/aromatic N) is 1. The lowest BCUT2D eigenvalue weighted by atomic mass is 10.2. The van der Waals surface area contributed by atoms with Crippen LogP contribution in [0.2, 0.25) is 0 Å². The number of aromatic nitrogens is 1. The molecule has 0 unspecified atom stereocenters. The van der Waals surface area contributed by atoms with Crippen LogP contribution in [0.4, 0.5) is 8.78 Å². The summed E-state index contributed by atoms with van der Waals surface area (Å²) in [6.45, 7) is 0.172. The zero-order chi connectivity index (χ0) is 10.0. The highest BCUT2D eigenvalue weighted by atomic mass is 127. The fourth-order valence-electron chi connectivity index (χ4n) is 0.863. The second kappa shape index (κ2) is 4.61. The first kappa shape index (κ1) is 11.3. The topological polar surface area (TPSA) is 38.9 Å². The molecule has 0 saturated carbocycles. The predicted octanol–water partition coefficient (Wildman–Crippen LogP) is 2.85. The third-order valence-corrected chi connectivity index (χ3v) is 3.33. The number of pyridine rings is 1. The fourth-order valence-corrected chi connectivity index (χ4v) is 2.59. The van der Waals surface area contributed by atoms with Gasteiger partial charge in [-0.3, -0.25) is 4.98 Å². The van der Waals surface area contributed by atoms with Gasteiger partial charge < -0.3 is 5.73 Å². The van der Waals surface area contributed by atoms with Gasteiger partial charge in [-0.15, -0.1) is 0 Å². The Hall–Kier alpha value is 0.180. The lowest BCUT2D eigenvalue weighted by Crippen LogP contribution is -2.06. The number of hydrogen-bond acceptors (Lipinski definition) is 2. The summed E-state index contributed by atoms with van der Waals surface area (Å²) in [4.78, 5) is 3.93. The molecule has 72 valence electrons. The Bertz CT molecular complexity index is 320. The minimum atomic E-state index is -2.51. The molecule has 1 heterocycles. The summed E-state index contributed by atoms with van der Waals surface area (Å²) in [5, 5.41) is 0. The van der Waals surface area contributed by atoms with Crippen molar-refractivity contribution < 1.29 is 8.78 Å². The van der Waals surface area contributed by atoms with Crippen LogP contribution in [0.5, 0.6) is 0 Å².